The van der Waals surface area contributed by atoms with Crippen LogP contribution in [0.5, 0.6) is 0 Å². The van der Waals surface area contributed by atoms with Crippen LogP contribution in [0, 0.1) is 0 Å². The van der Waals surface area contributed by atoms with Crippen molar-refractivity contribution in [2.45, 2.75) is 4.90 Å². The molecule has 144 valence electrons. The molecule has 3 rings (SSSR count). The quantitative estimate of drug-likeness (QED) is 0.328. The van der Waals surface area contributed by atoms with Gasteiger partial charge in [0.25, 0.3) is 11.8 Å². The number of rotatable bonds is 5. The van der Waals surface area contributed by atoms with E-state index in [-0.39, 0.29) is 27.9 Å². The van der Waals surface area contributed by atoms with Crippen molar-refractivity contribution in [2.24, 2.45) is 5.14 Å². The zero-order valence-corrected chi connectivity index (χ0v) is 16.0. The van der Waals surface area contributed by atoms with E-state index in [9.17, 15) is 18.0 Å². The molecule has 0 spiro atoms. The van der Waals surface area contributed by atoms with Crippen molar-refractivity contribution >= 4 is 45.2 Å². The molecule has 2 heterocycles. The molecule has 2 aromatic rings. The Morgan fingerprint density at radius 3 is 2.46 bits per heavy atom. The van der Waals surface area contributed by atoms with E-state index in [1.807, 2.05) is 0 Å². The van der Waals surface area contributed by atoms with E-state index in [1.54, 1.807) is 12.1 Å². The molecule has 1 saturated heterocycles. The van der Waals surface area contributed by atoms with Crippen LogP contribution in [0.1, 0.15) is 5.76 Å². The Morgan fingerprint density at radius 1 is 1.18 bits per heavy atom. The second-order valence-electron chi connectivity index (χ2n) is 5.79. The Morgan fingerprint density at radius 2 is 1.86 bits per heavy atom. The fraction of sp³-hybridized carbons (Fsp3) is 0.0556. The van der Waals surface area contributed by atoms with Crippen molar-refractivity contribution < 1.29 is 22.4 Å². The molecule has 0 radical (unpaired) electrons. The third-order valence-corrected chi connectivity index (χ3v) is 5.13. The minimum Gasteiger partial charge on any atom is -0.457 e. The molecular formula is C18H15N3O5S2. The Bertz CT molecular complexity index is 1110. The summed E-state index contributed by atoms with van der Waals surface area (Å²) in [5, 5.41) is 7.54. The fourth-order valence-corrected chi connectivity index (χ4v) is 3.29. The third kappa shape index (κ3) is 3.93. The molecule has 0 unspecified atom stereocenters. The molecule has 0 bridgehead atoms. The first kappa shape index (κ1) is 19.7. The Balaban J connectivity index is 1.89. The first-order valence-corrected chi connectivity index (χ1v) is 9.89. The number of carbonyl (C=O) groups excluding carboxylic acids is 2. The van der Waals surface area contributed by atoms with E-state index < -0.39 is 21.8 Å². The number of nitrogens with two attached hydrogens (primary N) is 1. The summed E-state index contributed by atoms with van der Waals surface area (Å²) in [4.78, 5) is 25.8. The molecule has 8 nitrogen and oxygen atoms in total. The van der Waals surface area contributed by atoms with Gasteiger partial charge in [-0.2, -0.15) is 0 Å². The summed E-state index contributed by atoms with van der Waals surface area (Å²) in [7, 11) is -3.79. The van der Waals surface area contributed by atoms with E-state index in [4.69, 9.17) is 21.8 Å². The van der Waals surface area contributed by atoms with Gasteiger partial charge in [0.05, 0.1) is 4.90 Å². The fourth-order valence-electron chi connectivity index (χ4n) is 2.53. The third-order valence-electron chi connectivity index (χ3n) is 3.88. The highest BCUT2D eigenvalue weighted by molar-refractivity contribution is 7.89. The van der Waals surface area contributed by atoms with Crippen molar-refractivity contribution in [3.05, 3.63) is 60.4 Å². The molecule has 1 aliphatic rings. The molecule has 2 amide bonds. The number of hydrogen-bond donors (Lipinski definition) is 2. The van der Waals surface area contributed by atoms with Crippen LogP contribution in [0.3, 0.4) is 0 Å². The summed E-state index contributed by atoms with van der Waals surface area (Å²) >= 11 is 4.99. The predicted octanol–water partition coefficient (Wildman–Crippen LogP) is 1.41. The van der Waals surface area contributed by atoms with Gasteiger partial charge >= 0.3 is 0 Å². The summed E-state index contributed by atoms with van der Waals surface area (Å²) in [6.45, 7) is 3.72. The van der Waals surface area contributed by atoms with Crippen LogP contribution in [-0.4, -0.2) is 36.8 Å². The van der Waals surface area contributed by atoms with Crippen molar-refractivity contribution in [2.75, 3.05) is 6.54 Å². The number of nitrogens with zero attached hydrogens (tertiary/aromatic N) is 1. The molecule has 1 aromatic carbocycles. The van der Waals surface area contributed by atoms with Gasteiger partial charge in [-0.25, -0.2) is 13.6 Å². The lowest BCUT2D eigenvalue weighted by Crippen LogP contribution is -2.53. The van der Waals surface area contributed by atoms with Gasteiger partial charge in [0.15, 0.2) is 5.11 Å². The summed E-state index contributed by atoms with van der Waals surface area (Å²) < 4.78 is 28.3. The van der Waals surface area contributed by atoms with Crippen LogP contribution in [0.2, 0.25) is 0 Å². The lowest BCUT2D eigenvalue weighted by molar-refractivity contribution is -0.128. The number of carbonyl (C=O) groups is 2. The van der Waals surface area contributed by atoms with Crippen LogP contribution in [0.15, 0.2) is 63.9 Å². The number of primary sulfonamides is 1. The largest absolute Gasteiger partial charge is 0.457 e. The van der Waals surface area contributed by atoms with E-state index in [0.717, 1.165) is 0 Å². The number of amides is 2. The van der Waals surface area contributed by atoms with E-state index >= 15 is 0 Å². The van der Waals surface area contributed by atoms with Gasteiger partial charge in [-0.15, -0.1) is 6.58 Å². The second-order valence-corrected chi connectivity index (χ2v) is 7.74. The molecule has 0 saturated carbocycles. The number of thiocarbonyl (C=S) groups is 1. The van der Waals surface area contributed by atoms with Gasteiger partial charge in [0.2, 0.25) is 10.0 Å². The van der Waals surface area contributed by atoms with Gasteiger partial charge in [-0.1, -0.05) is 6.08 Å². The molecule has 0 aliphatic carbocycles. The zero-order chi connectivity index (χ0) is 20.5. The average molecular weight is 417 g/mol. The number of sulfonamides is 1. The normalized spacial score (nSPS) is 16.4. The number of furan rings is 1. The van der Waals surface area contributed by atoms with Gasteiger partial charge in [-0.3, -0.25) is 19.8 Å². The highest BCUT2D eigenvalue weighted by Gasteiger charge is 2.32. The van der Waals surface area contributed by atoms with Crippen LogP contribution in [0.4, 0.5) is 0 Å². The SMILES string of the molecule is C=CCN1C(=O)C(=Cc2ccc(-c3ccc(S(N)(=O)=O)cc3)o2)C(=O)NC1=S. The van der Waals surface area contributed by atoms with Crippen LogP contribution >= 0.6 is 12.2 Å². The average Bonchev–Trinajstić information content (AvgIpc) is 3.10. The van der Waals surface area contributed by atoms with Crippen LogP contribution in [-0.2, 0) is 19.6 Å². The van der Waals surface area contributed by atoms with Gasteiger partial charge in [0.1, 0.15) is 17.1 Å². The standard InChI is InChI=1S/C18H15N3O5S2/c1-2-9-21-17(23)14(16(22)20-18(21)27)10-12-5-8-15(26-12)11-3-6-13(7-4-11)28(19,24)25/h2-8,10H,1,9H2,(H2,19,24,25)(H,20,22,27). The van der Waals surface area contributed by atoms with Crippen molar-refractivity contribution in [3.63, 3.8) is 0 Å². The Kier molecular flexibility index (Phi) is 5.27. The zero-order valence-electron chi connectivity index (χ0n) is 14.4. The van der Waals surface area contributed by atoms with Gasteiger partial charge in [-0.05, 0) is 54.7 Å². The summed E-state index contributed by atoms with van der Waals surface area (Å²) in [5.74, 6) is -0.472. The van der Waals surface area contributed by atoms with Crippen LogP contribution in [0.25, 0.3) is 17.4 Å². The predicted molar refractivity (Wildman–Crippen MR) is 106 cm³/mol. The van der Waals surface area contributed by atoms with Crippen molar-refractivity contribution in [1.29, 1.82) is 0 Å². The van der Waals surface area contributed by atoms with Crippen molar-refractivity contribution in [3.8, 4) is 11.3 Å². The summed E-state index contributed by atoms with van der Waals surface area (Å²) in [5.41, 5.74) is 0.479. The maximum Gasteiger partial charge on any atom is 0.266 e. The smallest absolute Gasteiger partial charge is 0.266 e. The lowest BCUT2D eigenvalue weighted by atomic mass is 10.1. The molecule has 3 N–H and O–H groups in total. The lowest BCUT2D eigenvalue weighted by Gasteiger charge is -2.27. The Labute approximate surface area is 166 Å². The monoisotopic (exact) mass is 417 g/mol. The molecule has 0 atom stereocenters. The number of nitrogens with one attached hydrogen (secondary N) is 1. The minimum absolute atomic E-state index is 0.0159. The van der Waals surface area contributed by atoms with E-state index in [2.05, 4.69) is 11.9 Å². The topological polar surface area (TPSA) is 123 Å². The first-order chi connectivity index (χ1) is 13.2. The van der Waals surface area contributed by atoms with E-state index in [1.165, 1.54) is 41.3 Å². The molecule has 10 heteroatoms. The first-order valence-electron chi connectivity index (χ1n) is 7.93. The number of benzene rings is 1. The second kappa shape index (κ2) is 7.50. The molecule has 1 aliphatic heterocycles. The highest BCUT2D eigenvalue weighted by Crippen LogP contribution is 2.25. The maximum absolute atomic E-state index is 12.5. The molecular weight excluding hydrogens is 402 g/mol. The minimum atomic E-state index is -3.79. The van der Waals surface area contributed by atoms with Gasteiger partial charge in [0, 0.05) is 12.1 Å². The van der Waals surface area contributed by atoms with E-state index in [0.29, 0.717) is 11.3 Å². The molecule has 1 aromatic heterocycles. The Hall–Kier alpha value is -3.08. The number of hydrogen-bond acceptors (Lipinski definition) is 6. The van der Waals surface area contributed by atoms with Crippen molar-refractivity contribution in [1.82, 2.24) is 10.2 Å². The highest BCUT2D eigenvalue weighted by atomic mass is 32.2. The maximum atomic E-state index is 12.5. The van der Waals surface area contributed by atoms with Gasteiger partial charge < -0.3 is 4.42 Å². The molecule has 1 fully saturated rings. The summed E-state index contributed by atoms with van der Waals surface area (Å²) in [6, 6.07) is 9.02. The van der Waals surface area contributed by atoms with Crippen LogP contribution < -0.4 is 10.5 Å². The summed E-state index contributed by atoms with van der Waals surface area (Å²) in [6.07, 6.45) is 2.81. The molecule has 28 heavy (non-hydrogen) atoms.